The second kappa shape index (κ2) is 12.4. The molecule has 2 aliphatic heterocycles. The van der Waals surface area contributed by atoms with Crippen molar-refractivity contribution < 1.29 is 42.8 Å². The van der Waals surface area contributed by atoms with Gasteiger partial charge in [0.25, 0.3) is 5.56 Å². The molecule has 0 aromatic carbocycles. The van der Waals surface area contributed by atoms with Crippen molar-refractivity contribution in [3.8, 4) is 0 Å². The summed E-state index contributed by atoms with van der Waals surface area (Å²) in [6, 6.07) is 1.10. The first kappa shape index (κ1) is 29.4. The smallest absolute Gasteiger partial charge is 0.330 e. The van der Waals surface area contributed by atoms with Gasteiger partial charge in [0.05, 0.1) is 45.5 Å². The molecule has 5 N–H and O–H groups in total. The van der Waals surface area contributed by atoms with E-state index < -0.39 is 62.5 Å². The molecule has 0 saturated carbocycles. The van der Waals surface area contributed by atoms with E-state index in [1.54, 1.807) is 4.57 Å². The molecule has 18 nitrogen and oxygen atoms in total. The lowest BCUT2D eigenvalue weighted by molar-refractivity contribution is -0.163. The molecule has 7 atom stereocenters. The number of methoxy groups -OCH3 is 1. The lowest BCUT2D eigenvalue weighted by Crippen LogP contribution is -2.55. The van der Waals surface area contributed by atoms with Crippen molar-refractivity contribution in [2.24, 2.45) is 0 Å². The predicted molar refractivity (Wildman–Crippen MR) is 138 cm³/mol. The highest BCUT2D eigenvalue weighted by Gasteiger charge is 2.55. The van der Waals surface area contributed by atoms with Crippen molar-refractivity contribution >= 4 is 25.2 Å². The third kappa shape index (κ3) is 5.83. The molecule has 0 spiro atoms. The maximum atomic E-state index is 13.0. The normalized spacial score (nSPS) is 28.9. The van der Waals surface area contributed by atoms with Gasteiger partial charge < -0.3 is 39.4 Å². The van der Waals surface area contributed by atoms with Crippen molar-refractivity contribution in [3.63, 3.8) is 0 Å². The summed E-state index contributed by atoms with van der Waals surface area (Å²) in [4.78, 5) is 38.8. The number of anilines is 1. The van der Waals surface area contributed by atoms with Crippen molar-refractivity contribution in [1.82, 2.24) is 29.1 Å². The van der Waals surface area contributed by atoms with Crippen LogP contribution in [-0.2, 0) is 38.3 Å². The lowest BCUT2D eigenvalue weighted by Gasteiger charge is -2.35. The second-order valence-electron chi connectivity index (χ2n) is 9.31. The van der Waals surface area contributed by atoms with Gasteiger partial charge in [0.15, 0.2) is 11.5 Å². The molecular formula is C22H30N7O11P. The van der Waals surface area contributed by atoms with Crippen LogP contribution in [-0.4, -0.2) is 104 Å². The first-order valence-corrected chi connectivity index (χ1v) is 13.8. The molecule has 5 rings (SSSR count). The fourth-order valence-corrected chi connectivity index (χ4v) is 5.74. The zero-order valence-corrected chi connectivity index (χ0v) is 22.8. The third-order valence-electron chi connectivity index (χ3n) is 6.83. The number of ether oxygens (including phenoxy) is 4. The zero-order chi connectivity index (χ0) is 29.1. The number of H-pyrrole nitrogens is 1. The van der Waals surface area contributed by atoms with Crippen LogP contribution in [0.1, 0.15) is 12.6 Å². The number of nitrogens with zero attached hydrogens (tertiary/aromatic N) is 5. The topological polar surface area (TPSA) is 237 Å². The number of nitrogen functional groups attached to an aromatic ring is 1. The Hall–Kier alpha value is -3.06. The molecule has 41 heavy (non-hydrogen) atoms. The minimum atomic E-state index is -3.35. The van der Waals surface area contributed by atoms with Gasteiger partial charge in [-0.25, -0.2) is 19.7 Å². The molecule has 0 amide bonds. The van der Waals surface area contributed by atoms with E-state index in [1.807, 2.05) is 0 Å². The number of nitrogens with one attached hydrogen (secondary N) is 1. The summed E-state index contributed by atoms with van der Waals surface area (Å²) in [6.45, 7) is -1.06. The van der Waals surface area contributed by atoms with Crippen LogP contribution in [0.3, 0.4) is 0 Å². The minimum Gasteiger partial charge on any atom is -0.394 e. The molecule has 19 heteroatoms. The highest BCUT2D eigenvalue weighted by Crippen LogP contribution is 2.41. The Labute approximate surface area is 231 Å². The van der Waals surface area contributed by atoms with Gasteiger partial charge >= 0.3 is 13.9 Å². The molecule has 2 aliphatic rings. The Morgan fingerprint density at radius 1 is 1.27 bits per heavy atom. The quantitative estimate of drug-likeness (QED) is 0.131. The Morgan fingerprint density at radius 2 is 2.10 bits per heavy atom. The van der Waals surface area contributed by atoms with Crippen LogP contribution < -0.4 is 17.0 Å². The first-order valence-electron chi connectivity index (χ1n) is 12.5. The Bertz CT molecular complexity index is 1500. The summed E-state index contributed by atoms with van der Waals surface area (Å²) >= 11 is 0. The number of hydrogen-bond acceptors (Lipinski definition) is 15. The van der Waals surface area contributed by atoms with E-state index in [1.165, 1.54) is 26.0 Å². The highest BCUT2D eigenvalue weighted by atomic mass is 31.1. The second-order valence-corrected chi connectivity index (χ2v) is 10.3. The van der Waals surface area contributed by atoms with Crippen LogP contribution >= 0.6 is 8.25 Å². The van der Waals surface area contributed by atoms with Gasteiger partial charge in [-0.3, -0.25) is 28.0 Å². The molecular weight excluding hydrogens is 569 g/mol. The van der Waals surface area contributed by atoms with Crippen molar-refractivity contribution in [1.29, 1.82) is 0 Å². The van der Waals surface area contributed by atoms with E-state index >= 15 is 0 Å². The van der Waals surface area contributed by atoms with E-state index in [0.29, 0.717) is 11.2 Å². The van der Waals surface area contributed by atoms with Gasteiger partial charge in [-0.2, -0.15) is 0 Å². The summed E-state index contributed by atoms with van der Waals surface area (Å²) in [6.07, 6.45) is -0.768. The molecule has 1 unspecified atom stereocenters. The minimum absolute atomic E-state index is 0.0335. The Morgan fingerprint density at radius 3 is 2.85 bits per heavy atom. The number of hydrogen-bond donors (Lipinski definition) is 4. The molecule has 0 aliphatic carbocycles. The molecule has 0 radical (unpaired) electrons. The van der Waals surface area contributed by atoms with E-state index in [-0.39, 0.29) is 38.7 Å². The first-order chi connectivity index (χ1) is 19.8. The van der Waals surface area contributed by atoms with Gasteiger partial charge in [-0.15, -0.1) is 0 Å². The van der Waals surface area contributed by atoms with Crippen molar-refractivity contribution in [3.05, 3.63) is 45.8 Å². The molecule has 2 saturated heterocycles. The van der Waals surface area contributed by atoms with Crippen LogP contribution in [0, 0.1) is 0 Å². The molecule has 2 fully saturated rings. The van der Waals surface area contributed by atoms with Crippen LogP contribution in [0.15, 0.2) is 34.5 Å². The van der Waals surface area contributed by atoms with Crippen LogP contribution in [0.5, 0.6) is 0 Å². The Balaban J connectivity index is 1.29. The van der Waals surface area contributed by atoms with E-state index in [0.717, 1.165) is 10.6 Å². The number of aliphatic hydroxyl groups is 2. The fourth-order valence-electron chi connectivity index (χ4n) is 4.82. The van der Waals surface area contributed by atoms with Crippen LogP contribution in [0.2, 0.25) is 0 Å². The summed E-state index contributed by atoms with van der Waals surface area (Å²) in [5.41, 5.74) is 3.45. The SMILES string of the molecule is COCCO[C@]1(n2ccc(=O)[nH]c2=O)CO[C@H](CO)[C@H]1O[PH](=O)OC[C@H]1O[C@@H](n2cnc3c(N)ncnc32)C[C@@H]1O. The monoisotopic (exact) mass is 599 g/mol. The predicted octanol–water partition coefficient (Wildman–Crippen LogP) is -1.89. The Kier molecular flexibility index (Phi) is 8.93. The van der Waals surface area contributed by atoms with Crippen LogP contribution in [0.25, 0.3) is 11.2 Å². The average molecular weight is 599 g/mol. The van der Waals surface area contributed by atoms with Gasteiger partial charge in [0.2, 0.25) is 5.72 Å². The van der Waals surface area contributed by atoms with Crippen molar-refractivity contribution in [2.75, 3.05) is 45.9 Å². The molecule has 5 heterocycles. The van der Waals surface area contributed by atoms with E-state index in [9.17, 15) is 24.4 Å². The average Bonchev–Trinajstić information content (AvgIpc) is 3.64. The third-order valence-corrected chi connectivity index (χ3v) is 7.68. The number of aromatic nitrogens is 6. The molecule has 224 valence electrons. The number of imidazole rings is 1. The maximum absolute atomic E-state index is 13.0. The van der Waals surface area contributed by atoms with Gasteiger partial charge in [0, 0.05) is 25.8 Å². The van der Waals surface area contributed by atoms with Gasteiger partial charge in [0.1, 0.15) is 36.4 Å². The van der Waals surface area contributed by atoms with Crippen LogP contribution in [0.4, 0.5) is 5.82 Å². The molecule has 0 bridgehead atoms. The maximum Gasteiger partial charge on any atom is 0.330 e. The number of aliphatic hydroxyl groups excluding tert-OH is 2. The van der Waals surface area contributed by atoms with Crippen molar-refractivity contribution in [2.45, 2.75) is 42.8 Å². The summed E-state index contributed by atoms with van der Waals surface area (Å²) in [7, 11) is -1.90. The van der Waals surface area contributed by atoms with E-state index in [4.69, 9.17) is 33.7 Å². The summed E-state index contributed by atoms with van der Waals surface area (Å²) < 4.78 is 49.4. The summed E-state index contributed by atoms with van der Waals surface area (Å²) in [5, 5.41) is 20.5. The molecule has 3 aromatic heterocycles. The number of nitrogens with two attached hydrogens (primary N) is 1. The lowest BCUT2D eigenvalue weighted by atomic mass is 10.1. The summed E-state index contributed by atoms with van der Waals surface area (Å²) in [5.74, 6) is 0.200. The zero-order valence-electron chi connectivity index (χ0n) is 21.8. The number of fused-ring (bicyclic) bond motifs is 1. The molecule has 3 aromatic rings. The highest BCUT2D eigenvalue weighted by molar-refractivity contribution is 7.33. The van der Waals surface area contributed by atoms with Gasteiger partial charge in [-0.1, -0.05) is 0 Å². The number of rotatable bonds is 12. The van der Waals surface area contributed by atoms with E-state index in [2.05, 4.69) is 19.9 Å². The largest absolute Gasteiger partial charge is 0.394 e. The number of aromatic amines is 1. The fraction of sp³-hybridized carbons (Fsp3) is 0.591. The standard InChI is InChI=1S/C22H30N7O11P/c1-35-4-5-37-22(29-3-2-15(32)27-21(29)33)9-36-13(7-30)18(22)40-41(34)38-8-14-12(31)6-16(39-14)28-11-26-17-19(23)24-10-25-20(17)28/h2-3,10-14,16,18,30-31,41H,4-9H2,1H3,(H2,23,24,25)(H,27,32,33)/t12-,13+,14+,16+,18+,22+/m0/s1. The van der Waals surface area contributed by atoms with Gasteiger partial charge in [-0.05, 0) is 0 Å².